The molecule has 0 amide bonds. The Labute approximate surface area is 75.6 Å². The Balaban J connectivity index is 1.87. The number of fused-ring (bicyclic) bond motifs is 2. The minimum absolute atomic E-state index is 0.700. The highest BCUT2D eigenvalue weighted by Gasteiger charge is 2.39. The highest BCUT2D eigenvalue weighted by Crippen LogP contribution is 2.39. The fourth-order valence-corrected chi connectivity index (χ4v) is 3.11. The number of hydrogen-bond donors (Lipinski definition) is 0. The highest BCUT2D eigenvalue weighted by molar-refractivity contribution is 7.05. The van der Waals surface area contributed by atoms with Crippen LogP contribution in [-0.4, -0.2) is 33.9 Å². The average molecular weight is 181 g/mol. The number of nitrogens with zero attached hydrogens (tertiary/aromatic N) is 3. The Kier molecular flexibility index (Phi) is 1.45. The molecule has 64 valence electrons. The van der Waals surface area contributed by atoms with Crippen molar-refractivity contribution in [1.82, 2.24) is 14.3 Å². The van der Waals surface area contributed by atoms with Crippen LogP contribution in [0, 0.1) is 5.92 Å². The first-order valence-corrected chi connectivity index (χ1v) is 5.20. The molecule has 2 saturated heterocycles. The van der Waals surface area contributed by atoms with Crippen molar-refractivity contribution < 1.29 is 0 Å². The first kappa shape index (κ1) is 6.97. The smallest absolute Gasteiger partial charge is 0.129 e. The van der Waals surface area contributed by atoms with E-state index in [0.717, 1.165) is 5.92 Å². The molecule has 0 spiro atoms. The van der Waals surface area contributed by atoms with E-state index in [4.69, 9.17) is 0 Å². The first-order valence-electron chi connectivity index (χ1n) is 4.42. The summed E-state index contributed by atoms with van der Waals surface area (Å²) >= 11 is 1.57. The maximum Gasteiger partial charge on any atom is 0.129 e. The van der Waals surface area contributed by atoms with Crippen molar-refractivity contribution in [2.45, 2.75) is 12.3 Å². The van der Waals surface area contributed by atoms with Gasteiger partial charge in [0.15, 0.2) is 0 Å². The van der Waals surface area contributed by atoms with Gasteiger partial charge in [-0.25, -0.2) is 4.98 Å². The standard InChI is InChI=1S/C8H11N3S/c1-2-11-3-6(1)7(4-11)8-9-5-10-12-8/h5-7H,1-4H2/t6-,7-/m0/s1. The molecular formula is C8H11N3S. The molecule has 12 heavy (non-hydrogen) atoms. The summed E-state index contributed by atoms with van der Waals surface area (Å²) in [4.78, 5) is 6.84. The quantitative estimate of drug-likeness (QED) is 0.646. The molecule has 1 unspecified atom stereocenters. The van der Waals surface area contributed by atoms with E-state index >= 15 is 0 Å². The zero-order chi connectivity index (χ0) is 7.97. The van der Waals surface area contributed by atoms with E-state index in [9.17, 15) is 0 Å². The Morgan fingerprint density at radius 2 is 2.50 bits per heavy atom. The molecule has 3 nitrogen and oxygen atoms in total. The van der Waals surface area contributed by atoms with Gasteiger partial charge in [0.25, 0.3) is 0 Å². The molecule has 3 heterocycles. The van der Waals surface area contributed by atoms with E-state index < -0.39 is 0 Å². The van der Waals surface area contributed by atoms with Gasteiger partial charge in [-0.05, 0) is 30.4 Å². The van der Waals surface area contributed by atoms with E-state index in [2.05, 4.69) is 14.3 Å². The topological polar surface area (TPSA) is 29.0 Å². The van der Waals surface area contributed by atoms with Crippen molar-refractivity contribution in [2.24, 2.45) is 5.92 Å². The third-order valence-corrected chi connectivity index (χ3v) is 3.82. The summed E-state index contributed by atoms with van der Waals surface area (Å²) in [5, 5.41) is 1.25. The van der Waals surface area contributed by atoms with Crippen LogP contribution < -0.4 is 0 Å². The lowest BCUT2D eigenvalue weighted by Gasteiger charge is -2.18. The van der Waals surface area contributed by atoms with Crippen molar-refractivity contribution in [2.75, 3.05) is 19.6 Å². The predicted molar refractivity (Wildman–Crippen MR) is 47.2 cm³/mol. The van der Waals surface area contributed by atoms with Gasteiger partial charge in [0.1, 0.15) is 11.3 Å². The summed E-state index contributed by atoms with van der Waals surface area (Å²) in [6, 6.07) is 0. The lowest BCUT2D eigenvalue weighted by molar-refractivity contribution is 0.346. The van der Waals surface area contributed by atoms with Crippen LogP contribution in [-0.2, 0) is 0 Å². The summed E-state index contributed by atoms with van der Waals surface area (Å²) < 4.78 is 4.06. The molecule has 2 bridgehead atoms. The van der Waals surface area contributed by atoms with Gasteiger partial charge >= 0.3 is 0 Å². The van der Waals surface area contributed by atoms with Gasteiger partial charge in [-0.1, -0.05) is 0 Å². The fourth-order valence-electron chi connectivity index (χ4n) is 2.41. The van der Waals surface area contributed by atoms with Gasteiger partial charge in [0, 0.05) is 19.0 Å². The molecule has 2 aliphatic rings. The number of piperidine rings is 1. The van der Waals surface area contributed by atoms with Crippen LogP contribution in [0.2, 0.25) is 0 Å². The lowest BCUT2D eigenvalue weighted by atomic mass is 9.93. The van der Waals surface area contributed by atoms with Gasteiger partial charge in [-0.3, -0.25) is 0 Å². The predicted octanol–water partition coefficient (Wildman–Crippen LogP) is 0.957. The van der Waals surface area contributed by atoms with Crippen LogP contribution in [0.15, 0.2) is 6.33 Å². The summed E-state index contributed by atoms with van der Waals surface area (Å²) in [5.41, 5.74) is 0. The Morgan fingerprint density at radius 1 is 1.50 bits per heavy atom. The van der Waals surface area contributed by atoms with E-state index in [1.807, 2.05) is 0 Å². The second-order valence-electron chi connectivity index (χ2n) is 3.69. The minimum atomic E-state index is 0.700. The Bertz CT molecular complexity index is 272. The van der Waals surface area contributed by atoms with Crippen LogP contribution in [0.25, 0.3) is 0 Å². The average Bonchev–Trinajstić information content (AvgIpc) is 2.81. The molecule has 1 aromatic heterocycles. The molecule has 0 radical (unpaired) electrons. The van der Waals surface area contributed by atoms with E-state index in [1.165, 1.54) is 31.1 Å². The van der Waals surface area contributed by atoms with Crippen LogP contribution in [0.4, 0.5) is 0 Å². The molecule has 0 aromatic carbocycles. The first-order chi connectivity index (χ1) is 5.93. The van der Waals surface area contributed by atoms with Gasteiger partial charge < -0.3 is 4.90 Å². The van der Waals surface area contributed by atoms with E-state index in [0.29, 0.717) is 5.92 Å². The third-order valence-electron chi connectivity index (χ3n) is 3.03. The summed E-state index contributed by atoms with van der Waals surface area (Å²) in [6.45, 7) is 3.82. The SMILES string of the molecule is c1nsc([C@H]2CN3CC[C@H]2C3)n1. The number of aromatic nitrogens is 2. The van der Waals surface area contributed by atoms with Gasteiger partial charge in [-0.2, -0.15) is 4.37 Å². The third kappa shape index (κ3) is 0.912. The van der Waals surface area contributed by atoms with Gasteiger partial charge in [0.05, 0.1) is 0 Å². The van der Waals surface area contributed by atoms with Crippen molar-refractivity contribution in [3.05, 3.63) is 11.3 Å². The van der Waals surface area contributed by atoms with Crippen LogP contribution in [0.3, 0.4) is 0 Å². The second-order valence-corrected chi connectivity index (χ2v) is 4.51. The molecule has 2 aliphatic heterocycles. The maximum atomic E-state index is 4.30. The molecule has 4 heteroatoms. The van der Waals surface area contributed by atoms with Crippen LogP contribution in [0.5, 0.6) is 0 Å². The molecule has 3 atom stereocenters. The van der Waals surface area contributed by atoms with Crippen LogP contribution in [0.1, 0.15) is 17.3 Å². The highest BCUT2D eigenvalue weighted by atomic mass is 32.1. The summed E-state index contributed by atoms with van der Waals surface area (Å²) in [5.74, 6) is 1.57. The number of rotatable bonds is 1. The monoisotopic (exact) mass is 181 g/mol. The van der Waals surface area contributed by atoms with Crippen molar-refractivity contribution in [3.63, 3.8) is 0 Å². The van der Waals surface area contributed by atoms with Crippen molar-refractivity contribution in [3.8, 4) is 0 Å². The molecule has 1 aromatic rings. The second kappa shape index (κ2) is 2.50. The summed E-state index contributed by atoms with van der Waals surface area (Å²) in [6.07, 6.45) is 3.05. The van der Waals surface area contributed by atoms with E-state index in [-0.39, 0.29) is 0 Å². The Hall–Kier alpha value is -0.480. The lowest BCUT2D eigenvalue weighted by Crippen LogP contribution is -2.21. The molecule has 0 aliphatic carbocycles. The van der Waals surface area contributed by atoms with Gasteiger partial charge in [-0.15, -0.1) is 0 Å². The van der Waals surface area contributed by atoms with Crippen LogP contribution >= 0.6 is 11.5 Å². The fraction of sp³-hybridized carbons (Fsp3) is 0.750. The molecule has 0 N–H and O–H groups in total. The van der Waals surface area contributed by atoms with Gasteiger partial charge in [0.2, 0.25) is 0 Å². The van der Waals surface area contributed by atoms with Crippen molar-refractivity contribution in [1.29, 1.82) is 0 Å². The summed E-state index contributed by atoms with van der Waals surface area (Å²) in [7, 11) is 0. The zero-order valence-electron chi connectivity index (χ0n) is 6.81. The molecule has 0 saturated carbocycles. The Morgan fingerprint density at radius 3 is 3.08 bits per heavy atom. The van der Waals surface area contributed by atoms with E-state index in [1.54, 1.807) is 17.9 Å². The minimum Gasteiger partial charge on any atom is -0.302 e. The molecule has 2 fully saturated rings. The molecular weight excluding hydrogens is 170 g/mol. The largest absolute Gasteiger partial charge is 0.302 e. The normalized spacial score (nSPS) is 39.2. The zero-order valence-corrected chi connectivity index (χ0v) is 7.63. The molecule has 3 rings (SSSR count). The van der Waals surface area contributed by atoms with Crippen molar-refractivity contribution >= 4 is 11.5 Å². The maximum absolute atomic E-state index is 4.30. The number of hydrogen-bond acceptors (Lipinski definition) is 4.